The fraction of sp³-hybridized carbons (Fsp3) is 0.562. The molecule has 1 aliphatic rings. The third-order valence-electron chi connectivity index (χ3n) is 4.01. The van der Waals surface area contributed by atoms with Crippen LogP contribution in [0.2, 0.25) is 0 Å². The Hall–Kier alpha value is -1.56. The minimum atomic E-state index is -0.307. The van der Waals surface area contributed by atoms with Gasteiger partial charge < -0.3 is 5.32 Å². The molecule has 2 rings (SSSR count). The molecule has 0 amide bonds. The molecule has 102 valence electrons. The van der Waals surface area contributed by atoms with Crippen molar-refractivity contribution >= 4 is 5.69 Å². The maximum absolute atomic E-state index is 13.7. The Kier molecular flexibility index (Phi) is 4.09. The molecule has 1 fully saturated rings. The van der Waals surface area contributed by atoms with Gasteiger partial charge in [-0.25, -0.2) is 4.39 Å². The Morgan fingerprint density at radius 1 is 1.21 bits per heavy atom. The molecule has 1 aliphatic carbocycles. The number of rotatable bonds is 2. The summed E-state index contributed by atoms with van der Waals surface area (Å²) in [5, 5.41) is 12.4. The van der Waals surface area contributed by atoms with Crippen LogP contribution in [0.1, 0.15) is 44.2 Å². The van der Waals surface area contributed by atoms with Crippen LogP contribution in [-0.4, -0.2) is 6.04 Å². The van der Waals surface area contributed by atoms with Crippen LogP contribution in [0.25, 0.3) is 0 Å². The van der Waals surface area contributed by atoms with E-state index in [9.17, 15) is 4.39 Å². The smallest absolute Gasteiger partial charge is 0.129 e. The van der Waals surface area contributed by atoms with Crippen molar-refractivity contribution in [3.8, 4) is 6.07 Å². The summed E-state index contributed by atoms with van der Waals surface area (Å²) in [5.74, 6) is 1.09. The molecule has 0 saturated heterocycles. The monoisotopic (exact) mass is 260 g/mol. The molecule has 0 aliphatic heterocycles. The largest absolute Gasteiger partial charge is 0.382 e. The maximum atomic E-state index is 13.7. The van der Waals surface area contributed by atoms with Gasteiger partial charge in [0, 0.05) is 17.3 Å². The van der Waals surface area contributed by atoms with Gasteiger partial charge in [0.15, 0.2) is 0 Å². The third kappa shape index (κ3) is 3.26. The van der Waals surface area contributed by atoms with E-state index in [-0.39, 0.29) is 5.82 Å². The van der Waals surface area contributed by atoms with Crippen LogP contribution in [0.5, 0.6) is 0 Å². The molecule has 2 unspecified atom stereocenters. The molecule has 3 heteroatoms. The first kappa shape index (κ1) is 13.9. The van der Waals surface area contributed by atoms with E-state index in [2.05, 4.69) is 19.2 Å². The Morgan fingerprint density at radius 3 is 2.42 bits per heavy atom. The fourth-order valence-electron chi connectivity index (χ4n) is 3.18. The molecular formula is C16H21FN2. The normalized spacial score (nSPS) is 26.8. The van der Waals surface area contributed by atoms with E-state index < -0.39 is 0 Å². The Labute approximate surface area is 114 Å². The lowest BCUT2D eigenvalue weighted by atomic mass is 9.80. The summed E-state index contributed by atoms with van der Waals surface area (Å²) in [6, 6.07) is 5.44. The second-order valence-electron chi connectivity index (χ2n) is 6.00. The highest BCUT2D eigenvalue weighted by molar-refractivity contribution is 5.56. The molecule has 1 aromatic carbocycles. The van der Waals surface area contributed by atoms with E-state index in [0.29, 0.717) is 29.0 Å². The van der Waals surface area contributed by atoms with Crippen molar-refractivity contribution in [3.05, 3.63) is 29.1 Å². The fourth-order valence-corrected chi connectivity index (χ4v) is 3.18. The van der Waals surface area contributed by atoms with Crippen molar-refractivity contribution < 1.29 is 4.39 Å². The van der Waals surface area contributed by atoms with Gasteiger partial charge in [-0.1, -0.05) is 13.8 Å². The first-order chi connectivity index (χ1) is 8.99. The minimum absolute atomic E-state index is 0.307. The summed E-state index contributed by atoms with van der Waals surface area (Å²) in [6.07, 6.45) is 3.49. The summed E-state index contributed by atoms with van der Waals surface area (Å²) < 4.78 is 13.7. The number of nitrogens with one attached hydrogen (secondary N) is 1. The molecule has 0 radical (unpaired) electrons. The molecule has 0 spiro atoms. The second kappa shape index (κ2) is 5.61. The average molecular weight is 260 g/mol. The van der Waals surface area contributed by atoms with Gasteiger partial charge >= 0.3 is 0 Å². The Morgan fingerprint density at radius 2 is 1.84 bits per heavy atom. The van der Waals surface area contributed by atoms with Crippen molar-refractivity contribution in [2.24, 2.45) is 11.8 Å². The molecule has 19 heavy (non-hydrogen) atoms. The number of hydrogen-bond donors (Lipinski definition) is 1. The number of hydrogen-bond acceptors (Lipinski definition) is 2. The number of nitrogens with zero attached hydrogens (tertiary/aromatic N) is 1. The summed E-state index contributed by atoms with van der Waals surface area (Å²) in [7, 11) is 0. The van der Waals surface area contributed by atoms with E-state index in [0.717, 1.165) is 18.5 Å². The Bertz CT molecular complexity index is 494. The van der Waals surface area contributed by atoms with Crippen LogP contribution in [-0.2, 0) is 0 Å². The quantitative estimate of drug-likeness (QED) is 0.863. The van der Waals surface area contributed by atoms with Crippen molar-refractivity contribution in [3.63, 3.8) is 0 Å². The zero-order valence-electron chi connectivity index (χ0n) is 11.8. The van der Waals surface area contributed by atoms with Crippen molar-refractivity contribution in [2.75, 3.05) is 5.32 Å². The van der Waals surface area contributed by atoms with E-state index in [1.54, 1.807) is 13.0 Å². The summed E-state index contributed by atoms with van der Waals surface area (Å²) in [6.45, 7) is 6.29. The van der Waals surface area contributed by atoms with Gasteiger partial charge in [-0.3, -0.25) is 0 Å². The van der Waals surface area contributed by atoms with Gasteiger partial charge in [-0.05, 0) is 50.2 Å². The van der Waals surface area contributed by atoms with E-state index in [1.807, 2.05) is 6.07 Å². The standard InChI is InChI=1S/C16H21FN2/c1-10-4-11(2)6-14(5-10)19-16-8-13(9-18)7-15(17)12(16)3/h7-8,10-11,14,19H,4-6H2,1-3H3. The van der Waals surface area contributed by atoms with Crippen LogP contribution in [0, 0.1) is 35.9 Å². The SMILES string of the molecule is Cc1c(F)cc(C#N)cc1NC1CC(C)CC(C)C1. The van der Waals surface area contributed by atoms with E-state index in [4.69, 9.17) is 5.26 Å². The minimum Gasteiger partial charge on any atom is -0.382 e. The van der Waals surface area contributed by atoms with E-state index >= 15 is 0 Å². The molecular weight excluding hydrogens is 239 g/mol. The first-order valence-electron chi connectivity index (χ1n) is 6.96. The summed E-state index contributed by atoms with van der Waals surface area (Å²) >= 11 is 0. The van der Waals surface area contributed by atoms with Crippen molar-refractivity contribution in [2.45, 2.75) is 46.1 Å². The number of benzene rings is 1. The number of nitriles is 1. The van der Waals surface area contributed by atoms with Gasteiger partial charge in [0.2, 0.25) is 0 Å². The van der Waals surface area contributed by atoms with Crippen LogP contribution in [0.3, 0.4) is 0 Å². The predicted octanol–water partition coefficient (Wildman–Crippen LogP) is 4.24. The maximum Gasteiger partial charge on any atom is 0.129 e. The van der Waals surface area contributed by atoms with Crippen LogP contribution in [0.15, 0.2) is 12.1 Å². The van der Waals surface area contributed by atoms with Crippen molar-refractivity contribution in [1.82, 2.24) is 0 Å². The topological polar surface area (TPSA) is 35.8 Å². The van der Waals surface area contributed by atoms with Crippen LogP contribution >= 0.6 is 0 Å². The van der Waals surface area contributed by atoms with Crippen molar-refractivity contribution in [1.29, 1.82) is 5.26 Å². The molecule has 0 aromatic heterocycles. The highest BCUT2D eigenvalue weighted by Gasteiger charge is 2.24. The number of anilines is 1. The van der Waals surface area contributed by atoms with E-state index in [1.165, 1.54) is 12.5 Å². The second-order valence-corrected chi connectivity index (χ2v) is 6.00. The molecule has 1 N–H and O–H groups in total. The molecule has 0 bridgehead atoms. The molecule has 2 atom stereocenters. The lowest BCUT2D eigenvalue weighted by Gasteiger charge is -2.33. The third-order valence-corrected chi connectivity index (χ3v) is 4.01. The zero-order valence-corrected chi connectivity index (χ0v) is 11.8. The highest BCUT2D eigenvalue weighted by Crippen LogP contribution is 2.31. The predicted molar refractivity (Wildman–Crippen MR) is 75.4 cm³/mol. The summed E-state index contributed by atoms with van der Waals surface area (Å²) in [5.41, 5.74) is 1.75. The summed E-state index contributed by atoms with van der Waals surface area (Å²) in [4.78, 5) is 0. The van der Waals surface area contributed by atoms with Gasteiger partial charge in [0.25, 0.3) is 0 Å². The average Bonchev–Trinajstić information content (AvgIpc) is 2.33. The lowest BCUT2D eigenvalue weighted by molar-refractivity contribution is 0.280. The van der Waals surface area contributed by atoms with Crippen LogP contribution < -0.4 is 5.32 Å². The molecule has 2 nitrogen and oxygen atoms in total. The highest BCUT2D eigenvalue weighted by atomic mass is 19.1. The van der Waals surface area contributed by atoms with Gasteiger partial charge in [0.1, 0.15) is 5.82 Å². The first-order valence-corrected chi connectivity index (χ1v) is 6.96. The van der Waals surface area contributed by atoms with Gasteiger partial charge in [0.05, 0.1) is 11.6 Å². The number of halogens is 1. The molecule has 1 saturated carbocycles. The van der Waals surface area contributed by atoms with Crippen LogP contribution in [0.4, 0.5) is 10.1 Å². The molecule has 1 aromatic rings. The van der Waals surface area contributed by atoms with Gasteiger partial charge in [-0.15, -0.1) is 0 Å². The zero-order chi connectivity index (χ0) is 14.0. The molecule has 0 heterocycles. The Balaban J connectivity index is 2.19. The lowest BCUT2D eigenvalue weighted by Crippen LogP contribution is -2.30. The van der Waals surface area contributed by atoms with Gasteiger partial charge in [-0.2, -0.15) is 5.26 Å².